The minimum atomic E-state index is -4.47. The number of alkyl carbamates (subject to hydrolysis) is 1. The normalized spacial score (nSPS) is 21.4. The van der Waals surface area contributed by atoms with Gasteiger partial charge in [-0.15, -0.1) is 0 Å². The van der Waals surface area contributed by atoms with Crippen LogP contribution in [0.4, 0.5) is 4.79 Å². The predicted molar refractivity (Wildman–Crippen MR) is 191 cm³/mol. The molecule has 2 saturated carbocycles. The molecule has 1 aromatic heterocycles. The van der Waals surface area contributed by atoms with Crippen molar-refractivity contribution in [3.8, 4) is 11.6 Å². The minimum Gasteiger partial charge on any atom is -0.497 e. The number of hydrogen-bond acceptors (Lipinski definition) is 11. The number of nitrogens with one attached hydrogen (secondary N) is 3. The Balaban J connectivity index is 1.43. The van der Waals surface area contributed by atoms with Gasteiger partial charge >= 0.3 is 16.4 Å². The van der Waals surface area contributed by atoms with E-state index in [0.717, 1.165) is 5.39 Å². The van der Waals surface area contributed by atoms with Crippen LogP contribution in [-0.2, 0) is 33.6 Å². The quantitative estimate of drug-likeness (QED) is 0.240. The lowest BCUT2D eigenvalue weighted by atomic mass is 9.89. The predicted octanol–water partition coefficient (Wildman–Crippen LogP) is 3.89. The number of pyridine rings is 1. The molecule has 3 N–H and O–H groups in total. The van der Waals surface area contributed by atoms with Crippen LogP contribution in [0.5, 0.6) is 11.6 Å². The molecule has 0 spiro atoms. The summed E-state index contributed by atoms with van der Waals surface area (Å²) >= 11 is 0. The molecule has 4 atom stereocenters. The fraction of sp³-hybridized carbons (Fsp3) is 0.639. The van der Waals surface area contributed by atoms with E-state index in [1.54, 1.807) is 54.0 Å². The molecule has 15 nitrogen and oxygen atoms in total. The number of likely N-dealkylation sites (tertiary alicyclic amines) is 1. The Bertz CT molecular complexity index is 1790. The summed E-state index contributed by atoms with van der Waals surface area (Å²) < 4.78 is 50.1. The molecule has 0 bridgehead atoms. The van der Waals surface area contributed by atoms with Crippen molar-refractivity contribution in [2.75, 3.05) is 13.7 Å². The summed E-state index contributed by atoms with van der Waals surface area (Å²) in [6.45, 7) is 10.3. The number of amides is 4. The van der Waals surface area contributed by atoms with Gasteiger partial charge in [-0.3, -0.25) is 14.4 Å². The monoisotopic (exact) mass is 745 g/mol. The number of aromatic nitrogens is 1. The van der Waals surface area contributed by atoms with Gasteiger partial charge in [0.25, 0.3) is 5.91 Å². The van der Waals surface area contributed by atoms with Crippen molar-refractivity contribution in [3.63, 3.8) is 0 Å². The van der Waals surface area contributed by atoms with E-state index < -0.39 is 69.0 Å². The Morgan fingerprint density at radius 1 is 1.10 bits per heavy atom. The van der Waals surface area contributed by atoms with Gasteiger partial charge in [-0.05, 0) is 102 Å². The summed E-state index contributed by atoms with van der Waals surface area (Å²) in [7, 11) is -2.90. The second-order valence-corrected chi connectivity index (χ2v) is 16.5. The number of hydrogen-bond donors (Lipinski definition) is 3. The standard InChI is InChI=1S/C36H51N5O10S/c1-8-15-36(9-2,32(44)40-52(46,47)51-35(6)16-17-35)39-29(42)27-20-25(49-30-26-13-12-24(48-7)19-23(26)14-18-37-30)21-41(27)31(43)28(22-10-11-22)38-33(45)50-34(3,4)5/h12-14,18-19,22,25,27-28H,8-11,15-17,20-21H2,1-7H3,(H,38,45)(H,39,42)(H,40,44)/t25-,27+,28+,36-/m1/s1. The number of benzene rings is 1. The van der Waals surface area contributed by atoms with Gasteiger partial charge < -0.3 is 29.7 Å². The van der Waals surface area contributed by atoms with Gasteiger partial charge in [0.2, 0.25) is 17.7 Å². The molecule has 0 unspecified atom stereocenters. The second-order valence-electron chi connectivity index (χ2n) is 15.2. The highest BCUT2D eigenvalue weighted by atomic mass is 32.2. The van der Waals surface area contributed by atoms with Crippen LogP contribution in [0.2, 0.25) is 0 Å². The number of fused-ring (bicyclic) bond motifs is 1. The lowest BCUT2D eigenvalue weighted by molar-refractivity contribution is -0.142. The Labute approximate surface area is 305 Å². The zero-order valence-electron chi connectivity index (χ0n) is 30.9. The van der Waals surface area contributed by atoms with Crippen LogP contribution in [0.1, 0.15) is 92.9 Å². The van der Waals surface area contributed by atoms with E-state index in [-0.39, 0.29) is 31.7 Å². The van der Waals surface area contributed by atoms with Crippen LogP contribution in [0, 0.1) is 5.92 Å². The van der Waals surface area contributed by atoms with Crippen LogP contribution in [0.15, 0.2) is 30.5 Å². The third kappa shape index (κ3) is 9.43. The van der Waals surface area contributed by atoms with Gasteiger partial charge in [0.15, 0.2) is 0 Å². The maximum absolute atomic E-state index is 14.4. The molecule has 0 radical (unpaired) electrons. The molecule has 1 aromatic carbocycles. The van der Waals surface area contributed by atoms with Gasteiger partial charge in [0.05, 0.1) is 19.3 Å². The van der Waals surface area contributed by atoms with Crippen LogP contribution >= 0.6 is 0 Å². The molecule has 16 heteroatoms. The SMILES string of the molecule is CCC[C@@](CC)(NC(=O)[C@@H]1C[C@@H](Oc2nccc3cc(OC)ccc23)CN1C(=O)[C@@H](NC(=O)OC(C)(C)C)C1CC1)C(=O)NS(=O)(=O)OC1(C)CC1. The zero-order valence-corrected chi connectivity index (χ0v) is 31.8. The maximum atomic E-state index is 14.4. The van der Waals surface area contributed by atoms with Crippen molar-refractivity contribution >= 4 is 44.9 Å². The molecule has 2 aromatic rings. The van der Waals surface area contributed by atoms with Crippen molar-refractivity contribution in [3.05, 3.63) is 30.5 Å². The molecule has 2 heterocycles. The van der Waals surface area contributed by atoms with E-state index in [1.807, 2.05) is 29.8 Å². The molecule has 4 amide bonds. The first kappa shape index (κ1) is 39.0. The molecule has 2 aliphatic carbocycles. The number of ether oxygens (including phenoxy) is 3. The van der Waals surface area contributed by atoms with Crippen LogP contribution in [-0.4, -0.2) is 90.7 Å². The fourth-order valence-corrected chi connectivity index (χ4v) is 7.63. The number of carbonyl (C=O) groups is 4. The van der Waals surface area contributed by atoms with E-state index in [9.17, 15) is 27.6 Å². The molecule has 3 aliphatic rings. The van der Waals surface area contributed by atoms with E-state index in [1.165, 1.54) is 4.90 Å². The van der Waals surface area contributed by atoms with Crippen molar-refractivity contribution in [2.24, 2.45) is 5.92 Å². The number of rotatable bonds is 15. The lowest BCUT2D eigenvalue weighted by Crippen LogP contribution is -2.63. The number of methoxy groups -OCH3 is 1. The molecule has 286 valence electrons. The van der Waals surface area contributed by atoms with Crippen molar-refractivity contribution in [2.45, 2.75) is 128 Å². The van der Waals surface area contributed by atoms with Crippen LogP contribution in [0.3, 0.4) is 0 Å². The lowest BCUT2D eigenvalue weighted by Gasteiger charge is -2.35. The van der Waals surface area contributed by atoms with E-state index >= 15 is 0 Å². The van der Waals surface area contributed by atoms with E-state index in [2.05, 4.69) is 15.6 Å². The summed E-state index contributed by atoms with van der Waals surface area (Å²) in [5.74, 6) is -1.30. The maximum Gasteiger partial charge on any atom is 0.408 e. The third-order valence-corrected chi connectivity index (χ3v) is 10.7. The zero-order chi connectivity index (χ0) is 38.1. The van der Waals surface area contributed by atoms with E-state index in [0.29, 0.717) is 49.1 Å². The first-order chi connectivity index (χ1) is 24.4. The third-order valence-electron chi connectivity index (χ3n) is 9.65. The molecule has 1 aliphatic heterocycles. The summed E-state index contributed by atoms with van der Waals surface area (Å²) in [6.07, 6.45) is 3.24. The van der Waals surface area contributed by atoms with Gasteiger partial charge in [-0.25, -0.2) is 18.7 Å². The van der Waals surface area contributed by atoms with Gasteiger partial charge in [0.1, 0.15) is 35.1 Å². The molecule has 52 heavy (non-hydrogen) atoms. The molecular formula is C36H51N5O10S. The summed E-state index contributed by atoms with van der Waals surface area (Å²) in [5.41, 5.74) is -3.31. The molecule has 1 saturated heterocycles. The van der Waals surface area contributed by atoms with Gasteiger partial charge in [-0.2, -0.15) is 8.42 Å². The fourth-order valence-electron chi connectivity index (χ4n) is 6.47. The van der Waals surface area contributed by atoms with Gasteiger partial charge in [-0.1, -0.05) is 20.3 Å². The number of nitrogens with zero attached hydrogens (tertiary/aromatic N) is 2. The smallest absolute Gasteiger partial charge is 0.408 e. The molecule has 3 fully saturated rings. The Kier molecular flexibility index (Phi) is 11.3. The highest BCUT2D eigenvalue weighted by molar-refractivity contribution is 7.85. The largest absolute Gasteiger partial charge is 0.497 e. The minimum absolute atomic E-state index is 0.0235. The summed E-state index contributed by atoms with van der Waals surface area (Å²) in [5, 5.41) is 7.07. The summed E-state index contributed by atoms with van der Waals surface area (Å²) in [4.78, 5) is 61.1. The Hall–Kier alpha value is -4.18. The second kappa shape index (κ2) is 15.0. The first-order valence-electron chi connectivity index (χ1n) is 17.9. The molecular weight excluding hydrogens is 694 g/mol. The Morgan fingerprint density at radius 3 is 2.40 bits per heavy atom. The van der Waals surface area contributed by atoms with Gasteiger partial charge in [0, 0.05) is 18.0 Å². The van der Waals surface area contributed by atoms with Crippen LogP contribution in [0.25, 0.3) is 10.8 Å². The van der Waals surface area contributed by atoms with E-state index in [4.69, 9.17) is 18.4 Å². The van der Waals surface area contributed by atoms with Crippen LogP contribution < -0.4 is 24.8 Å². The summed E-state index contributed by atoms with van der Waals surface area (Å²) in [6, 6.07) is 5.14. The van der Waals surface area contributed by atoms with Crippen molar-refractivity contribution in [1.29, 1.82) is 0 Å². The molecule has 5 rings (SSSR count). The highest BCUT2D eigenvalue weighted by Gasteiger charge is 2.50. The number of carbonyl (C=O) groups excluding carboxylic acids is 4. The van der Waals surface area contributed by atoms with Crippen molar-refractivity contribution < 1.29 is 46.0 Å². The Morgan fingerprint density at radius 2 is 1.81 bits per heavy atom. The van der Waals surface area contributed by atoms with Crippen molar-refractivity contribution in [1.82, 2.24) is 25.2 Å². The first-order valence-corrected chi connectivity index (χ1v) is 19.3. The highest BCUT2D eigenvalue weighted by Crippen LogP contribution is 2.40. The average Bonchev–Trinajstić information content (AvgIpc) is 3.99. The topological polar surface area (TPSA) is 192 Å². The average molecular weight is 746 g/mol.